The number of aromatic hydroxyl groups is 2. The van der Waals surface area contributed by atoms with Crippen molar-refractivity contribution in [1.82, 2.24) is 9.88 Å². The molecule has 1 aromatic heterocycles. The van der Waals surface area contributed by atoms with Crippen molar-refractivity contribution in [2.75, 3.05) is 12.3 Å². The minimum Gasteiger partial charge on any atom is -0.508 e. The Hall–Kier alpha value is -3.38. The number of fused-ring (bicyclic) bond motifs is 3. The topological polar surface area (TPSA) is 76.6 Å². The van der Waals surface area contributed by atoms with Gasteiger partial charge in [0.05, 0.1) is 11.8 Å². The predicted molar refractivity (Wildman–Crippen MR) is 128 cm³/mol. The van der Waals surface area contributed by atoms with Gasteiger partial charge in [0.1, 0.15) is 11.5 Å². The molecule has 1 aliphatic rings. The second-order valence-electron chi connectivity index (χ2n) is 8.05. The Bertz CT molecular complexity index is 1250. The molecule has 0 saturated carbocycles. The molecule has 2 heterocycles. The molecule has 1 atom stereocenters. The van der Waals surface area contributed by atoms with Crippen molar-refractivity contribution < 1.29 is 15.0 Å². The van der Waals surface area contributed by atoms with E-state index in [4.69, 9.17) is 0 Å². The Balaban J connectivity index is 1.42. The van der Waals surface area contributed by atoms with Crippen molar-refractivity contribution in [3.05, 3.63) is 95.2 Å². The SMILES string of the molecule is O=C(CSCc1ccc(O)cc1)N1CCc2c([nH]c3ccccc23)C1c1ccc(O)cc1. The van der Waals surface area contributed by atoms with Gasteiger partial charge in [-0.15, -0.1) is 11.8 Å². The number of thioether (sulfide) groups is 1. The number of hydrogen-bond donors (Lipinski definition) is 3. The van der Waals surface area contributed by atoms with E-state index in [0.717, 1.165) is 28.8 Å². The van der Waals surface area contributed by atoms with Gasteiger partial charge in [0, 0.05) is 28.9 Å². The Morgan fingerprint density at radius 2 is 1.66 bits per heavy atom. The number of para-hydroxylation sites is 1. The number of aromatic nitrogens is 1. The normalized spacial score (nSPS) is 15.6. The summed E-state index contributed by atoms with van der Waals surface area (Å²) in [5.74, 6) is 1.64. The number of nitrogens with one attached hydrogen (secondary N) is 1. The lowest BCUT2D eigenvalue weighted by molar-refractivity contribution is -0.130. The Morgan fingerprint density at radius 3 is 2.41 bits per heavy atom. The number of carbonyl (C=O) groups excluding carboxylic acids is 1. The van der Waals surface area contributed by atoms with Gasteiger partial charge in [-0.1, -0.05) is 42.5 Å². The molecule has 3 N–H and O–H groups in total. The number of phenols is 2. The van der Waals surface area contributed by atoms with Gasteiger partial charge in [0.15, 0.2) is 0 Å². The Kier molecular flexibility index (Phi) is 5.53. The van der Waals surface area contributed by atoms with Crippen molar-refractivity contribution in [3.63, 3.8) is 0 Å². The average molecular weight is 445 g/mol. The summed E-state index contributed by atoms with van der Waals surface area (Å²) in [6, 6.07) is 22.3. The smallest absolute Gasteiger partial charge is 0.233 e. The molecule has 0 radical (unpaired) electrons. The van der Waals surface area contributed by atoms with Gasteiger partial charge in [-0.25, -0.2) is 0 Å². The van der Waals surface area contributed by atoms with Crippen molar-refractivity contribution >= 4 is 28.6 Å². The molecule has 0 saturated heterocycles. The van der Waals surface area contributed by atoms with Crippen LogP contribution in [0.15, 0.2) is 72.8 Å². The van der Waals surface area contributed by atoms with Crippen LogP contribution >= 0.6 is 11.8 Å². The lowest BCUT2D eigenvalue weighted by atomic mass is 9.92. The molecule has 0 spiro atoms. The van der Waals surface area contributed by atoms with Gasteiger partial charge >= 0.3 is 0 Å². The maximum absolute atomic E-state index is 13.3. The monoisotopic (exact) mass is 444 g/mol. The quantitative estimate of drug-likeness (QED) is 0.405. The zero-order valence-electron chi connectivity index (χ0n) is 17.5. The van der Waals surface area contributed by atoms with Crippen LogP contribution in [-0.2, 0) is 17.0 Å². The van der Waals surface area contributed by atoms with Crippen LogP contribution in [0.3, 0.4) is 0 Å². The Morgan fingerprint density at radius 1 is 0.969 bits per heavy atom. The first-order chi connectivity index (χ1) is 15.6. The van der Waals surface area contributed by atoms with Crippen LogP contribution in [0, 0.1) is 0 Å². The molecule has 1 aliphatic heterocycles. The maximum atomic E-state index is 13.3. The van der Waals surface area contributed by atoms with E-state index >= 15 is 0 Å². The molecule has 1 unspecified atom stereocenters. The first-order valence-corrected chi connectivity index (χ1v) is 11.8. The zero-order chi connectivity index (χ0) is 22.1. The van der Waals surface area contributed by atoms with E-state index < -0.39 is 0 Å². The molecule has 32 heavy (non-hydrogen) atoms. The van der Waals surface area contributed by atoms with Crippen LogP contribution in [0.5, 0.6) is 11.5 Å². The minimum absolute atomic E-state index is 0.0937. The van der Waals surface area contributed by atoms with Crippen molar-refractivity contribution in [3.8, 4) is 11.5 Å². The van der Waals surface area contributed by atoms with Gasteiger partial charge in [-0.2, -0.15) is 0 Å². The fourth-order valence-corrected chi connectivity index (χ4v) is 5.31. The molecular formula is C26H24N2O3S. The predicted octanol–water partition coefficient (Wildman–Crippen LogP) is 4.99. The van der Waals surface area contributed by atoms with Gasteiger partial charge in [0.25, 0.3) is 0 Å². The van der Waals surface area contributed by atoms with E-state index in [1.165, 1.54) is 10.9 Å². The lowest BCUT2D eigenvalue weighted by Gasteiger charge is -2.36. The molecule has 162 valence electrons. The van der Waals surface area contributed by atoms with Gasteiger partial charge in [-0.05, 0) is 53.4 Å². The number of hydrogen-bond acceptors (Lipinski definition) is 4. The van der Waals surface area contributed by atoms with Crippen molar-refractivity contribution in [1.29, 1.82) is 0 Å². The number of benzene rings is 3. The molecule has 0 aliphatic carbocycles. The zero-order valence-corrected chi connectivity index (χ0v) is 18.3. The summed E-state index contributed by atoms with van der Waals surface area (Å²) in [5, 5.41) is 20.4. The number of aromatic amines is 1. The summed E-state index contributed by atoms with van der Waals surface area (Å²) in [6.45, 7) is 0.652. The van der Waals surface area contributed by atoms with Crippen molar-refractivity contribution in [2.45, 2.75) is 18.2 Å². The molecular weight excluding hydrogens is 420 g/mol. The number of phenolic OH excluding ortho intramolecular Hbond substituents is 2. The third kappa shape index (κ3) is 3.94. The van der Waals surface area contributed by atoms with Crippen LogP contribution < -0.4 is 0 Å². The van der Waals surface area contributed by atoms with Crippen molar-refractivity contribution in [2.24, 2.45) is 0 Å². The summed E-state index contributed by atoms with van der Waals surface area (Å²) >= 11 is 1.58. The lowest BCUT2D eigenvalue weighted by Crippen LogP contribution is -2.41. The second-order valence-corrected chi connectivity index (χ2v) is 9.04. The number of nitrogens with zero attached hydrogens (tertiary/aromatic N) is 1. The maximum Gasteiger partial charge on any atom is 0.233 e. The molecule has 6 heteroatoms. The summed E-state index contributed by atoms with van der Waals surface area (Å²) in [6.07, 6.45) is 0.808. The van der Waals surface area contributed by atoms with Crippen LogP contribution in [-0.4, -0.2) is 38.3 Å². The van der Waals surface area contributed by atoms with Crippen LogP contribution in [0.4, 0.5) is 0 Å². The summed E-state index contributed by atoms with van der Waals surface area (Å²) < 4.78 is 0. The third-order valence-corrected chi connectivity index (χ3v) is 6.98. The highest BCUT2D eigenvalue weighted by Gasteiger charge is 2.34. The summed E-state index contributed by atoms with van der Waals surface area (Å²) in [5.41, 5.74) is 5.45. The molecule has 0 fully saturated rings. The standard InChI is InChI=1S/C26H24N2O3S/c29-19-9-5-17(6-10-19)15-32-16-24(31)28-14-13-22-21-3-1-2-4-23(21)27-25(22)26(28)18-7-11-20(30)12-8-18/h1-12,26-27,29-30H,13-16H2. The number of carbonyl (C=O) groups is 1. The van der Waals surface area contributed by atoms with E-state index in [0.29, 0.717) is 18.1 Å². The van der Waals surface area contributed by atoms with Crippen LogP contribution in [0.2, 0.25) is 0 Å². The number of rotatable bonds is 5. The molecule has 4 aromatic rings. The largest absolute Gasteiger partial charge is 0.508 e. The highest BCUT2D eigenvalue weighted by molar-refractivity contribution is 7.99. The summed E-state index contributed by atoms with van der Waals surface area (Å²) in [7, 11) is 0. The second kappa shape index (κ2) is 8.63. The van der Waals surface area contributed by atoms with E-state index in [-0.39, 0.29) is 23.4 Å². The first kappa shape index (κ1) is 20.5. The molecule has 5 rings (SSSR count). The van der Waals surface area contributed by atoms with Gasteiger partial charge < -0.3 is 20.1 Å². The molecule has 0 bridgehead atoms. The molecule has 5 nitrogen and oxygen atoms in total. The molecule has 3 aromatic carbocycles. The Labute approximate surface area is 190 Å². The third-order valence-electron chi connectivity index (χ3n) is 5.99. The van der Waals surface area contributed by atoms with Crippen LogP contribution in [0.1, 0.15) is 28.4 Å². The van der Waals surface area contributed by atoms with E-state index in [1.807, 2.05) is 41.3 Å². The van der Waals surface area contributed by atoms with Crippen LogP contribution in [0.25, 0.3) is 10.9 Å². The fraction of sp³-hybridized carbons (Fsp3) is 0.192. The van der Waals surface area contributed by atoms with E-state index in [9.17, 15) is 15.0 Å². The van der Waals surface area contributed by atoms with E-state index in [2.05, 4.69) is 17.1 Å². The highest BCUT2D eigenvalue weighted by Crippen LogP contribution is 2.39. The fourth-order valence-electron chi connectivity index (χ4n) is 4.44. The average Bonchev–Trinajstić information content (AvgIpc) is 3.19. The molecule has 1 amide bonds. The first-order valence-electron chi connectivity index (χ1n) is 10.6. The summed E-state index contributed by atoms with van der Waals surface area (Å²) in [4.78, 5) is 18.8. The van der Waals surface area contributed by atoms with Gasteiger partial charge in [0.2, 0.25) is 5.91 Å². The van der Waals surface area contributed by atoms with Gasteiger partial charge in [-0.3, -0.25) is 4.79 Å². The minimum atomic E-state index is -0.214. The highest BCUT2D eigenvalue weighted by atomic mass is 32.2. The number of H-pyrrole nitrogens is 1. The van der Waals surface area contributed by atoms with E-state index in [1.54, 1.807) is 36.0 Å². The number of amides is 1.